The summed E-state index contributed by atoms with van der Waals surface area (Å²) < 4.78 is 49.5. The van der Waals surface area contributed by atoms with E-state index in [0.717, 1.165) is 17.0 Å². The van der Waals surface area contributed by atoms with Gasteiger partial charge in [-0.05, 0) is 43.2 Å². The van der Waals surface area contributed by atoms with Crippen LogP contribution in [0.1, 0.15) is 28.1 Å². The molecule has 1 aromatic heterocycles. The molecule has 0 radical (unpaired) electrons. The van der Waals surface area contributed by atoms with Crippen LogP contribution in [0.25, 0.3) is 11.3 Å². The number of halogens is 3. The first-order valence-electron chi connectivity index (χ1n) is 8.50. The number of hydrogen-bond donors (Lipinski definition) is 1. The second-order valence-electron chi connectivity index (χ2n) is 6.61. The minimum absolute atomic E-state index is 0.0239. The number of alkyl halides is 3. The van der Waals surface area contributed by atoms with Crippen LogP contribution in [0.2, 0.25) is 0 Å². The first kappa shape index (κ1) is 19.8. The topological polar surface area (TPSA) is 80.0 Å². The van der Waals surface area contributed by atoms with Gasteiger partial charge in [0.15, 0.2) is 5.76 Å². The molecule has 0 bridgehead atoms. The molecule has 2 heterocycles. The molecule has 0 aliphatic carbocycles. The number of ketones is 1. The third-order valence-electron chi connectivity index (χ3n) is 4.76. The quantitative estimate of drug-likeness (QED) is 0.771. The molecule has 150 valence electrons. The van der Waals surface area contributed by atoms with Gasteiger partial charge in [-0.3, -0.25) is 4.79 Å². The molecule has 0 saturated carbocycles. The minimum Gasteiger partial charge on any atom is -0.496 e. The summed E-state index contributed by atoms with van der Waals surface area (Å²) in [6.07, 6.45) is -5.20. The molecule has 1 aliphatic heterocycles. The second kappa shape index (κ2) is 7.21. The summed E-state index contributed by atoms with van der Waals surface area (Å²) in [5.74, 6) is -0.578. The Bertz CT molecular complexity index is 919. The number of amides is 1. The summed E-state index contributed by atoms with van der Waals surface area (Å²) in [5.41, 5.74) is 0.00783. The molecule has 1 fully saturated rings. The summed E-state index contributed by atoms with van der Waals surface area (Å²) in [6.45, 7) is 2.03. The maximum Gasteiger partial charge on any atom is 0.416 e. The third-order valence-corrected chi connectivity index (χ3v) is 4.76. The number of methoxy groups -OCH3 is 1. The molecule has 1 saturated heterocycles. The summed E-state index contributed by atoms with van der Waals surface area (Å²) in [5, 5.41) is 9.01. The Morgan fingerprint density at radius 3 is 2.57 bits per heavy atom. The SMILES string of the molecule is COc1cc(C(F)(F)F)ccc1-c1oc(C(=O)[C@@H]2CCN(C(=O)O)C2)cc1C. The van der Waals surface area contributed by atoms with Crippen LogP contribution in [0.4, 0.5) is 18.0 Å². The van der Waals surface area contributed by atoms with Crippen LogP contribution >= 0.6 is 0 Å². The van der Waals surface area contributed by atoms with Crippen LogP contribution in [0, 0.1) is 12.8 Å². The van der Waals surface area contributed by atoms with E-state index in [4.69, 9.17) is 14.3 Å². The first-order valence-corrected chi connectivity index (χ1v) is 8.50. The van der Waals surface area contributed by atoms with Crippen LogP contribution < -0.4 is 4.74 Å². The fraction of sp³-hybridized carbons (Fsp3) is 0.368. The number of Topliss-reactive ketones (excluding diaryl/α,β-unsaturated/α-hetero) is 1. The number of rotatable bonds is 4. The zero-order valence-corrected chi connectivity index (χ0v) is 15.2. The van der Waals surface area contributed by atoms with Crippen molar-refractivity contribution in [2.75, 3.05) is 20.2 Å². The molecular formula is C19H18F3NO5. The summed E-state index contributed by atoms with van der Waals surface area (Å²) >= 11 is 0. The standard InChI is InChI=1S/C19H18F3NO5/c1-10-7-15(16(24)11-5-6-23(9-11)18(25)26)28-17(10)13-4-3-12(19(20,21)22)8-14(13)27-2/h3-4,7-8,11H,5-6,9H2,1-2H3,(H,25,26)/t11-/m1/s1. The van der Waals surface area contributed by atoms with E-state index in [1.54, 1.807) is 6.92 Å². The van der Waals surface area contributed by atoms with Crippen molar-refractivity contribution in [3.05, 3.63) is 41.2 Å². The molecule has 1 aliphatic rings. The first-order chi connectivity index (χ1) is 13.1. The largest absolute Gasteiger partial charge is 0.496 e. The van der Waals surface area contributed by atoms with Crippen molar-refractivity contribution in [3.8, 4) is 17.1 Å². The van der Waals surface area contributed by atoms with Crippen molar-refractivity contribution >= 4 is 11.9 Å². The minimum atomic E-state index is -4.51. The average molecular weight is 397 g/mol. The van der Waals surface area contributed by atoms with Crippen LogP contribution in [0.15, 0.2) is 28.7 Å². The molecule has 1 N–H and O–H groups in total. The summed E-state index contributed by atoms with van der Waals surface area (Å²) in [4.78, 5) is 24.8. The lowest BCUT2D eigenvalue weighted by molar-refractivity contribution is -0.137. The van der Waals surface area contributed by atoms with Crippen molar-refractivity contribution in [3.63, 3.8) is 0 Å². The molecule has 9 heteroatoms. The molecular weight excluding hydrogens is 379 g/mol. The van der Waals surface area contributed by atoms with E-state index in [1.165, 1.54) is 19.2 Å². The number of nitrogens with zero attached hydrogens (tertiary/aromatic N) is 1. The van der Waals surface area contributed by atoms with Gasteiger partial charge in [0.05, 0.1) is 18.2 Å². The van der Waals surface area contributed by atoms with Gasteiger partial charge < -0.3 is 19.2 Å². The van der Waals surface area contributed by atoms with E-state index in [1.807, 2.05) is 0 Å². The van der Waals surface area contributed by atoms with Crippen molar-refractivity contribution in [1.29, 1.82) is 0 Å². The fourth-order valence-corrected chi connectivity index (χ4v) is 3.28. The lowest BCUT2D eigenvalue weighted by Crippen LogP contribution is -2.28. The number of hydrogen-bond acceptors (Lipinski definition) is 4. The van der Waals surface area contributed by atoms with Gasteiger partial charge in [0.25, 0.3) is 0 Å². The van der Waals surface area contributed by atoms with Crippen molar-refractivity contribution < 1.29 is 37.0 Å². The van der Waals surface area contributed by atoms with Gasteiger partial charge in [0.2, 0.25) is 5.78 Å². The zero-order valence-electron chi connectivity index (χ0n) is 15.2. The summed E-state index contributed by atoms with van der Waals surface area (Å²) in [7, 11) is 1.25. The van der Waals surface area contributed by atoms with Crippen LogP contribution in [0.5, 0.6) is 5.75 Å². The number of carboxylic acid groups (broad SMARTS) is 1. The van der Waals surface area contributed by atoms with Crippen molar-refractivity contribution in [1.82, 2.24) is 4.90 Å². The van der Waals surface area contributed by atoms with E-state index in [-0.39, 0.29) is 36.1 Å². The molecule has 0 spiro atoms. The lowest BCUT2D eigenvalue weighted by atomic mass is 10.0. The van der Waals surface area contributed by atoms with E-state index in [9.17, 15) is 22.8 Å². The molecule has 1 amide bonds. The molecule has 0 unspecified atom stereocenters. The number of aryl methyl sites for hydroxylation is 1. The van der Waals surface area contributed by atoms with Crippen LogP contribution in [-0.2, 0) is 6.18 Å². The predicted molar refractivity (Wildman–Crippen MR) is 92.5 cm³/mol. The predicted octanol–water partition coefficient (Wildman–Crippen LogP) is 4.47. The number of carbonyl (C=O) groups excluding carboxylic acids is 1. The Kier molecular flexibility index (Phi) is 5.10. The Morgan fingerprint density at radius 2 is 2.00 bits per heavy atom. The molecule has 28 heavy (non-hydrogen) atoms. The Hall–Kier alpha value is -2.97. The van der Waals surface area contributed by atoms with E-state index >= 15 is 0 Å². The zero-order chi connectivity index (χ0) is 20.6. The highest BCUT2D eigenvalue weighted by Crippen LogP contribution is 2.39. The van der Waals surface area contributed by atoms with E-state index in [2.05, 4.69) is 0 Å². The van der Waals surface area contributed by atoms with Gasteiger partial charge in [-0.25, -0.2) is 4.79 Å². The van der Waals surface area contributed by atoms with E-state index < -0.39 is 23.8 Å². The highest BCUT2D eigenvalue weighted by molar-refractivity contribution is 5.97. The molecule has 1 atom stereocenters. The van der Waals surface area contributed by atoms with Gasteiger partial charge in [0.1, 0.15) is 11.5 Å². The molecule has 6 nitrogen and oxygen atoms in total. The van der Waals surface area contributed by atoms with Gasteiger partial charge in [-0.15, -0.1) is 0 Å². The Balaban J connectivity index is 1.91. The average Bonchev–Trinajstić information content (AvgIpc) is 3.27. The maximum absolute atomic E-state index is 12.9. The van der Waals surface area contributed by atoms with Crippen LogP contribution in [0.3, 0.4) is 0 Å². The van der Waals surface area contributed by atoms with Crippen molar-refractivity contribution in [2.24, 2.45) is 5.92 Å². The normalized spacial score (nSPS) is 17.0. The van der Waals surface area contributed by atoms with Gasteiger partial charge in [-0.1, -0.05) is 0 Å². The number of carbonyl (C=O) groups is 2. The Morgan fingerprint density at radius 1 is 1.29 bits per heavy atom. The van der Waals surface area contributed by atoms with Gasteiger partial charge in [-0.2, -0.15) is 13.2 Å². The Labute approximate surface area is 158 Å². The number of likely N-dealkylation sites (tertiary alicyclic amines) is 1. The van der Waals surface area contributed by atoms with Gasteiger partial charge >= 0.3 is 12.3 Å². The van der Waals surface area contributed by atoms with E-state index in [0.29, 0.717) is 17.5 Å². The molecule has 2 aromatic rings. The summed E-state index contributed by atoms with van der Waals surface area (Å²) in [6, 6.07) is 4.55. The molecule has 3 rings (SSSR count). The monoisotopic (exact) mass is 397 g/mol. The third kappa shape index (κ3) is 3.69. The van der Waals surface area contributed by atoms with Crippen LogP contribution in [-0.4, -0.2) is 42.1 Å². The number of ether oxygens (including phenoxy) is 1. The fourth-order valence-electron chi connectivity index (χ4n) is 3.28. The number of benzene rings is 1. The number of furan rings is 1. The highest BCUT2D eigenvalue weighted by Gasteiger charge is 2.34. The van der Waals surface area contributed by atoms with Gasteiger partial charge in [0, 0.05) is 19.0 Å². The highest BCUT2D eigenvalue weighted by atomic mass is 19.4. The molecule has 1 aromatic carbocycles. The maximum atomic E-state index is 12.9. The van der Waals surface area contributed by atoms with Crippen molar-refractivity contribution in [2.45, 2.75) is 19.5 Å². The smallest absolute Gasteiger partial charge is 0.416 e. The lowest BCUT2D eigenvalue weighted by Gasteiger charge is -2.12. The second-order valence-corrected chi connectivity index (χ2v) is 6.61.